The maximum absolute atomic E-state index is 12.9. The van der Waals surface area contributed by atoms with Gasteiger partial charge < -0.3 is 20.1 Å². The number of ether oxygens (including phenoxy) is 1. The van der Waals surface area contributed by atoms with Crippen LogP contribution in [0, 0.1) is 0 Å². The maximum atomic E-state index is 12.9. The summed E-state index contributed by atoms with van der Waals surface area (Å²) in [7, 11) is 1.52. The molecule has 0 bridgehead atoms. The minimum atomic E-state index is -1.50. The van der Waals surface area contributed by atoms with E-state index in [0.29, 0.717) is 22.9 Å². The number of thioether (sulfide) groups is 1. The molecule has 3 N–H and O–H groups in total. The van der Waals surface area contributed by atoms with E-state index in [1.165, 1.54) is 42.0 Å². The van der Waals surface area contributed by atoms with Crippen molar-refractivity contribution in [3.05, 3.63) is 53.2 Å². The molecule has 0 aliphatic carbocycles. The quantitative estimate of drug-likeness (QED) is 0.462. The minimum absolute atomic E-state index is 0.0642. The number of methoxy groups -OCH3 is 1. The van der Waals surface area contributed by atoms with Gasteiger partial charge in [-0.05, 0) is 48.2 Å². The van der Waals surface area contributed by atoms with Crippen molar-refractivity contribution in [3.8, 4) is 11.5 Å². The fourth-order valence-electron chi connectivity index (χ4n) is 3.59. The summed E-state index contributed by atoms with van der Waals surface area (Å²) in [5, 5.41) is 15.6. The first-order valence-electron chi connectivity index (χ1n) is 9.38. The van der Waals surface area contributed by atoms with E-state index in [9.17, 15) is 19.5 Å². The van der Waals surface area contributed by atoms with E-state index < -0.39 is 17.5 Å². The Bertz CT molecular complexity index is 1120. The summed E-state index contributed by atoms with van der Waals surface area (Å²) in [5.41, 5.74) is 0.0558. The van der Waals surface area contributed by atoms with E-state index in [-0.39, 0.29) is 23.9 Å². The third-order valence-corrected chi connectivity index (χ3v) is 5.86. The molecule has 4 rings (SSSR count). The zero-order valence-corrected chi connectivity index (χ0v) is 17.7. The lowest BCUT2D eigenvalue weighted by Gasteiger charge is -2.28. The lowest BCUT2D eigenvalue weighted by molar-refractivity contribution is -0.122. The normalized spacial score (nSPS) is 20.2. The van der Waals surface area contributed by atoms with Gasteiger partial charge in [-0.2, -0.15) is 0 Å². The zero-order chi connectivity index (χ0) is 22.2. The van der Waals surface area contributed by atoms with Crippen LogP contribution in [-0.2, 0) is 11.3 Å². The van der Waals surface area contributed by atoms with Gasteiger partial charge in [0.1, 0.15) is 17.2 Å². The maximum Gasteiger partial charge on any atom is 0.322 e. The first-order valence-corrected chi connectivity index (χ1v) is 10.6. The van der Waals surface area contributed by atoms with Crippen molar-refractivity contribution in [3.63, 3.8) is 0 Å². The van der Waals surface area contributed by atoms with Gasteiger partial charge in [0.05, 0.1) is 18.7 Å². The molecule has 1 aromatic carbocycles. The number of aromatic hydroxyl groups is 1. The third kappa shape index (κ3) is 3.81. The number of aromatic nitrogens is 1. The molecule has 2 aliphatic rings. The number of imide groups is 1. The highest BCUT2D eigenvalue weighted by Crippen LogP contribution is 2.29. The van der Waals surface area contributed by atoms with E-state index in [4.69, 9.17) is 4.74 Å². The second kappa shape index (κ2) is 7.95. The number of rotatable bonds is 6. The van der Waals surface area contributed by atoms with Gasteiger partial charge in [0.15, 0.2) is 5.54 Å². The number of amides is 4. The fourth-order valence-corrected chi connectivity index (χ4v) is 3.98. The number of hydrogen-bond donors (Lipinski definition) is 3. The second-order valence-corrected chi connectivity index (χ2v) is 7.98. The molecular weight excluding hydrogens is 420 g/mol. The van der Waals surface area contributed by atoms with Crippen LogP contribution in [0.5, 0.6) is 11.5 Å². The molecule has 4 amide bonds. The van der Waals surface area contributed by atoms with Gasteiger partial charge in [-0.15, -0.1) is 11.8 Å². The van der Waals surface area contributed by atoms with E-state index >= 15 is 0 Å². The summed E-state index contributed by atoms with van der Waals surface area (Å²) in [5.74, 6) is -0.354. The molecule has 1 aromatic heterocycles. The molecular formula is C21H20N4O5S. The smallest absolute Gasteiger partial charge is 0.322 e. The van der Waals surface area contributed by atoms with Gasteiger partial charge in [0.25, 0.3) is 11.8 Å². The summed E-state index contributed by atoms with van der Waals surface area (Å²) < 4.78 is 5.19. The number of benzene rings is 1. The molecule has 10 heteroatoms. The minimum Gasteiger partial charge on any atom is -0.506 e. The number of fused-ring (bicyclic) bond motifs is 1. The summed E-state index contributed by atoms with van der Waals surface area (Å²) in [6.45, 7) is 0.211. The van der Waals surface area contributed by atoms with Gasteiger partial charge in [0.2, 0.25) is 0 Å². The molecule has 1 saturated heterocycles. The summed E-state index contributed by atoms with van der Waals surface area (Å²) in [4.78, 5) is 43.4. The van der Waals surface area contributed by atoms with Crippen molar-refractivity contribution in [2.45, 2.75) is 17.1 Å². The van der Waals surface area contributed by atoms with Gasteiger partial charge in [-0.1, -0.05) is 6.07 Å². The highest BCUT2D eigenvalue weighted by atomic mass is 32.2. The van der Waals surface area contributed by atoms with Gasteiger partial charge in [0, 0.05) is 12.1 Å². The number of carbonyl (C=O) groups is 3. The molecule has 0 radical (unpaired) electrons. The molecule has 31 heavy (non-hydrogen) atoms. The highest BCUT2D eigenvalue weighted by molar-refractivity contribution is 7.98. The van der Waals surface area contributed by atoms with E-state index in [1.54, 1.807) is 24.3 Å². The van der Waals surface area contributed by atoms with E-state index in [0.717, 1.165) is 5.56 Å². The number of nitrogens with one attached hydrogen (secondary N) is 2. The Morgan fingerprint density at radius 2 is 2.10 bits per heavy atom. The Hall–Kier alpha value is -3.53. The molecule has 2 aliphatic heterocycles. The topological polar surface area (TPSA) is 121 Å². The Kier molecular flexibility index (Phi) is 5.32. The van der Waals surface area contributed by atoms with Crippen LogP contribution in [0.25, 0.3) is 6.08 Å². The van der Waals surface area contributed by atoms with Crippen molar-refractivity contribution < 1.29 is 24.2 Å². The van der Waals surface area contributed by atoms with Crippen LogP contribution in [0.1, 0.15) is 21.6 Å². The number of carbonyl (C=O) groups excluding carboxylic acids is 3. The first kappa shape index (κ1) is 20.7. The zero-order valence-electron chi connectivity index (χ0n) is 16.8. The van der Waals surface area contributed by atoms with Crippen molar-refractivity contribution >= 4 is 35.7 Å². The van der Waals surface area contributed by atoms with Crippen molar-refractivity contribution in [2.75, 3.05) is 19.9 Å². The second-order valence-electron chi connectivity index (χ2n) is 7.16. The predicted octanol–water partition coefficient (Wildman–Crippen LogP) is 1.77. The van der Waals surface area contributed by atoms with Gasteiger partial charge >= 0.3 is 6.03 Å². The van der Waals surface area contributed by atoms with Crippen LogP contribution < -0.4 is 15.4 Å². The molecule has 3 heterocycles. The summed E-state index contributed by atoms with van der Waals surface area (Å²) in [6.07, 6.45) is 4.78. The first-order chi connectivity index (χ1) is 14.8. The Morgan fingerprint density at radius 3 is 2.77 bits per heavy atom. The molecule has 2 aromatic rings. The predicted molar refractivity (Wildman–Crippen MR) is 114 cm³/mol. The highest BCUT2D eigenvalue weighted by Gasteiger charge is 2.47. The number of pyridine rings is 1. The SMILES string of the molecule is COc1ccc2c(c1)C(=O)N(C[C@@]1(/C=C/c3nc(SC)ccc3O)NC(=O)NC1=O)C2. The van der Waals surface area contributed by atoms with E-state index in [2.05, 4.69) is 15.6 Å². The fraction of sp³-hybridized carbons (Fsp3) is 0.238. The van der Waals surface area contributed by atoms with Crippen LogP contribution in [0.2, 0.25) is 0 Å². The Morgan fingerprint density at radius 1 is 1.29 bits per heavy atom. The molecule has 1 fully saturated rings. The molecule has 0 spiro atoms. The largest absolute Gasteiger partial charge is 0.506 e. The summed E-state index contributed by atoms with van der Waals surface area (Å²) in [6, 6.07) is 7.75. The van der Waals surface area contributed by atoms with E-state index in [1.807, 2.05) is 6.26 Å². The summed E-state index contributed by atoms with van der Waals surface area (Å²) >= 11 is 1.40. The van der Waals surface area contributed by atoms with Crippen molar-refractivity contribution in [2.24, 2.45) is 0 Å². The van der Waals surface area contributed by atoms with Crippen LogP contribution in [-0.4, -0.2) is 58.3 Å². The standard InChI is InChI=1S/C21H20N4O5S/c1-30-13-4-3-12-10-25(18(27)14(12)9-13)11-21(19(28)23-20(29)24-21)8-7-15-16(26)5-6-17(22-15)31-2/h3-9,26H,10-11H2,1-2H3,(H2,23,24,28,29)/b8-7+/t21-/m1/s1. The Labute approximate surface area is 182 Å². The third-order valence-electron chi connectivity index (χ3n) is 5.22. The van der Waals surface area contributed by atoms with Crippen LogP contribution in [0.4, 0.5) is 4.79 Å². The number of hydrogen-bond acceptors (Lipinski definition) is 7. The molecule has 0 saturated carbocycles. The van der Waals surface area contributed by atoms with Crippen molar-refractivity contribution in [1.29, 1.82) is 0 Å². The monoisotopic (exact) mass is 440 g/mol. The van der Waals surface area contributed by atoms with Gasteiger partial charge in [-0.3, -0.25) is 14.9 Å². The van der Waals surface area contributed by atoms with Crippen LogP contribution in [0.15, 0.2) is 41.4 Å². The van der Waals surface area contributed by atoms with Gasteiger partial charge in [-0.25, -0.2) is 9.78 Å². The lowest BCUT2D eigenvalue weighted by Crippen LogP contribution is -2.53. The molecule has 1 atom stereocenters. The van der Waals surface area contributed by atoms with Crippen LogP contribution in [0.3, 0.4) is 0 Å². The molecule has 0 unspecified atom stereocenters. The Balaban J connectivity index is 1.65. The number of nitrogens with zero attached hydrogens (tertiary/aromatic N) is 2. The van der Waals surface area contributed by atoms with Crippen molar-refractivity contribution in [1.82, 2.24) is 20.5 Å². The number of urea groups is 1. The lowest BCUT2D eigenvalue weighted by atomic mass is 9.97. The average Bonchev–Trinajstić information content (AvgIpc) is 3.22. The van der Waals surface area contributed by atoms with Crippen LogP contribution >= 0.6 is 11.8 Å². The average molecular weight is 440 g/mol. The molecule has 160 valence electrons. The molecule has 9 nitrogen and oxygen atoms in total.